The number of fused-ring (bicyclic) bond motifs is 1. The SMILES string of the molecule is CCOc1ccc(C(=O)N(Cc2ccccn2)c2nc3c(C)cccc3s2)cc1. The highest BCUT2D eigenvalue weighted by atomic mass is 32.1. The summed E-state index contributed by atoms with van der Waals surface area (Å²) in [5.41, 5.74) is 3.41. The Kier molecular flexibility index (Phi) is 5.53. The average Bonchev–Trinajstić information content (AvgIpc) is 3.18. The summed E-state index contributed by atoms with van der Waals surface area (Å²) in [6, 6.07) is 19.0. The van der Waals surface area contributed by atoms with Crippen LogP contribution < -0.4 is 9.64 Å². The van der Waals surface area contributed by atoms with Gasteiger partial charge in [0.05, 0.1) is 29.1 Å². The predicted molar refractivity (Wildman–Crippen MR) is 117 cm³/mol. The van der Waals surface area contributed by atoms with Crippen LogP contribution in [0.5, 0.6) is 5.75 Å². The summed E-state index contributed by atoms with van der Waals surface area (Å²) in [6.45, 7) is 4.90. The molecule has 0 saturated heterocycles. The van der Waals surface area contributed by atoms with Gasteiger partial charge >= 0.3 is 0 Å². The molecule has 4 aromatic rings. The number of hydrogen-bond donors (Lipinski definition) is 0. The lowest BCUT2D eigenvalue weighted by atomic mass is 10.2. The Morgan fingerprint density at radius 3 is 2.59 bits per heavy atom. The van der Waals surface area contributed by atoms with Gasteiger partial charge in [0, 0.05) is 11.8 Å². The maximum Gasteiger partial charge on any atom is 0.260 e. The van der Waals surface area contributed by atoms with Gasteiger partial charge in [-0.2, -0.15) is 0 Å². The molecule has 146 valence electrons. The van der Waals surface area contributed by atoms with E-state index in [-0.39, 0.29) is 5.91 Å². The normalized spacial score (nSPS) is 10.8. The van der Waals surface area contributed by atoms with Crippen molar-refractivity contribution >= 4 is 32.6 Å². The van der Waals surface area contributed by atoms with Crippen molar-refractivity contribution in [2.45, 2.75) is 20.4 Å². The van der Waals surface area contributed by atoms with Gasteiger partial charge in [-0.25, -0.2) is 4.98 Å². The molecule has 2 aromatic heterocycles. The third-order valence-corrected chi connectivity index (χ3v) is 5.59. The van der Waals surface area contributed by atoms with Gasteiger partial charge < -0.3 is 4.74 Å². The van der Waals surface area contributed by atoms with Gasteiger partial charge in [0.15, 0.2) is 5.13 Å². The first-order valence-electron chi connectivity index (χ1n) is 9.46. The summed E-state index contributed by atoms with van der Waals surface area (Å²) in [5.74, 6) is 0.631. The molecule has 29 heavy (non-hydrogen) atoms. The highest BCUT2D eigenvalue weighted by Crippen LogP contribution is 2.32. The predicted octanol–water partition coefficient (Wildman–Crippen LogP) is 5.25. The number of thiazole rings is 1. The fraction of sp³-hybridized carbons (Fsp3) is 0.174. The summed E-state index contributed by atoms with van der Waals surface area (Å²) in [4.78, 5) is 24.3. The Morgan fingerprint density at radius 2 is 1.90 bits per heavy atom. The van der Waals surface area contributed by atoms with Crippen molar-refractivity contribution in [1.29, 1.82) is 0 Å². The zero-order valence-electron chi connectivity index (χ0n) is 16.3. The zero-order chi connectivity index (χ0) is 20.2. The third-order valence-electron chi connectivity index (χ3n) is 4.54. The molecule has 4 rings (SSSR count). The highest BCUT2D eigenvalue weighted by Gasteiger charge is 2.22. The second-order valence-corrected chi connectivity index (χ2v) is 7.60. The molecule has 0 aliphatic carbocycles. The second kappa shape index (κ2) is 8.41. The van der Waals surface area contributed by atoms with Gasteiger partial charge in [-0.15, -0.1) is 0 Å². The summed E-state index contributed by atoms with van der Waals surface area (Å²) < 4.78 is 6.55. The molecule has 0 fully saturated rings. The largest absolute Gasteiger partial charge is 0.494 e. The molecule has 2 heterocycles. The lowest BCUT2D eigenvalue weighted by Crippen LogP contribution is -2.30. The first-order chi connectivity index (χ1) is 14.2. The van der Waals surface area contributed by atoms with Crippen LogP contribution in [-0.4, -0.2) is 22.5 Å². The smallest absolute Gasteiger partial charge is 0.260 e. The minimum atomic E-state index is -0.115. The van der Waals surface area contributed by atoms with Gasteiger partial charge in [-0.3, -0.25) is 14.7 Å². The fourth-order valence-electron chi connectivity index (χ4n) is 3.09. The van der Waals surface area contributed by atoms with Crippen molar-refractivity contribution < 1.29 is 9.53 Å². The molecule has 5 nitrogen and oxygen atoms in total. The van der Waals surface area contributed by atoms with Crippen LogP contribution in [0.3, 0.4) is 0 Å². The van der Waals surface area contributed by atoms with Crippen LogP contribution in [0.1, 0.15) is 28.5 Å². The maximum absolute atomic E-state index is 13.4. The number of rotatable bonds is 6. The van der Waals surface area contributed by atoms with E-state index in [1.165, 1.54) is 11.3 Å². The second-order valence-electron chi connectivity index (χ2n) is 6.59. The molecule has 0 atom stereocenters. The number of anilines is 1. The molecule has 0 radical (unpaired) electrons. The number of aryl methyl sites for hydroxylation is 1. The van der Waals surface area contributed by atoms with E-state index < -0.39 is 0 Å². The first kappa shape index (κ1) is 19.1. The third kappa shape index (κ3) is 4.12. The molecule has 6 heteroatoms. The van der Waals surface area contributed by atoms with Crippen LogP contribution in [0.15, 0.2) is 66.9 Å². The number of carbonyl (C=O) groups is 1. The number of nitrogens with zero attached hydrogens (tertiary/aromatic N) is 3. The number of carbonyl (C=O) groups excluding carboxylic acids is 1. The topological polar surface area (TPSA) is 55.3 Å². The minimum absolute atomic E-state index is 0.115. The summed E-state index contributed by atoms with van der Waals surface area (Å²) in [6.07, 6.45) is 1.73. The van der Waals surface area contributed by atoms with Crippen molar-refractivity contribution in [3.63, 3.8) is 0 Å². The molecule has 0 saturated carbocycles. The number of ether oxygens (including phenoxy) is 1. The Labute approximate surface area is 173 Å². The van der Waals surface area contributed by atoms with Crippen LogP contribution in [0.4, 0.5) is 5.13 Å². The molecular weight excluding hydrogens is 382 g/mol. The molecule has 0 unspecified atom stereocenters. The van der Waals surface area contributed by atoms with E-state index in [0.717, 1.165) is 27.2 Å². The first-order valence-corrected chi connectivity index (χ1v) is 10.3. The van der Waals surface area contributed by atoms with Gasteiger partial charge in [0.25, 0.3) is 5.91 Å². The van der Waals surface area contributed by atoms with Gasteiger partial charge in [-0.05, 0) is 61.9 Å². The van der Waals surface area contributed by atoms with Crippen molar-refractivity contribution in [2.24, 2.45) is 0 Å². The maximum atomic E-state index is 13.4. The summed E-state index contributed by atoms with van der Waals surface area (Å²) in [5, 5.41) is 0.666. The summed E-state index contributed by atoms with van der Waals surface area (Å²) in [7, 11) is 0. The van der Waals surface area contributed by atoms with Crippen LogP contribution in [0.25, 0.3) is 10.2 Å². The number of para-hydroxylation sites is 1. The van der Waals surface area contributed by atoms with Crippen LogP contribution in [0, 0.1) is 6.92 Å². The molecule has 0 spiro atoms. The van der Waals surface area contributed by atoms with Gasteiger partial charge in [0.2, 0.25) is 0 Å². The standard InChI is InChI=1S/C23H21N3O2S/c1-3-28-19-12-10-17(11-13-19)22(27)26(15-18-8-4-5-14-24-18)23-25-21-16(2)7-6-9-20(21)29-23/h4-14H,3,15H2,1-2H3. The number of amides is 1. The molecule has 2 aromatic carbocycles. The van der Waals surface area contributed by atoms with E-state index in [1.54, 1.807) is 23.2 Å². The molecule has 0 aliphatic rings. The Bertz CT molecular complexity index is 1120. The number of benzene rings is 2. The van der Waals surface area contributed by atoms with Crippen LogP contribution in [0.2, 0.25) is 0 Å². The number of pyridine rings is 1. The highest BCUT2D eigenvalue weighted by molar-refractivity contribution is 7.22. The van der Waals surface area contributed by atoms with E-state index in [4.69, 9.17) is 9.72 Å². The Morgan fingerprint density at radius 1 is 1.07 bits per heavy atom. The fourth-order valence-corrected chi connectivity index (χ4v) is 4.13. The monoisotopic (exact) mass is 403 g/mol. The van der Waals surface area contributed by atoms with E-state index in [9.17, 15) is 4.79 Å². The lowest BCUT2D eigenvalue weighted by molar-refractivity contribution is 0.0985. The van der Waals surface area contributed by atoms with Crippen LogP contribution in [-0.2, 0) is 6.54 Å². The Balaban J connectivity index is 1.72. The van der Waals surface area contributed by atoms with Crippen molar-refractivity contribution in [3.8, 4) is 5.75 Å². The number of aromatic nitrogens is 2. The van der Waals surface area contributed by atoms with Crippen molar-refractivity contribution in [3.05, 3.63) is 83.7 Å². The van der Waals surface area contributed by atoms with E-state index in [0.29, 0.717) is 23.8 Å². The summed E-state index contributed by atoms with van der Waals surface area (Å²) >= 11 is 1.51. The molecule has 0 aliphatic heterocycles. The quantitative estimate of drug-likeness (QED) is 0.441. The van der Waals surface area contributed by atoms with Crippen LogP contribution >= 0.6 is 11.3 Å². The zero-order valence-corrected chi connectivity index (χ0v) is 17.1. The van der Waals surface area contributed by atoms with E-state index in [2.05, 4.69) is 4.98 Å². The Hall–Kier alpha value is -3.25. The van der Waals surface area contributed by atoms with Gasteiger partial charge in [-0.1, -0.05) is 29.5 Å². The van der Waals surface area contributed by atoms with E-state index in [1.807, 2.05) is 62.4 Å². The lowest BCUT2D eigenvalue weighted by Gasteiger charge is -2.19. The molecular formula is C23H21N3O2S. The van der Waals surface area contributed by atoms with Gasteiger partial charge in [0.1, 0.15) is 5.75 Å². The van der Waals surface area contributed by atoms with Crippen molar-refractivity contribution in [2.75, 3.05) is 11.5 Å². The minimum Gasteiger partial charge on any atom is -0.494 e. The molecule has 1 amide bonds. The average molecular weight is 404 g/mol. The van der Waals surface area contributed by atoms with E-state index >= 15 is 0 Å². The number of hydrogen-bond acceptors (Lipinski definition) is 5. The molecule has 0 N–H and O–H groups in total. The van der Waals surface area contributed by atoms with Crippen molar-refractivity contribution in [1.82, 2.24) is 9.97 Å². The molecule has 0 bridgehead atoms.